The lowest BCUT2D eigenvalue weighted by Crippen LogP contribution is -2.33. The molecule has 1 aliphatic heterocycles. The standard InChI is InChI=1S/C22H19ClF2N6/c1-31(12-4-5-26-9-12)13-6-21-20(27-10-13)3-2-19(29-21)15-11-28-30-22(15)14-7-16(23)18(25)8-17(14)24/h2-3,6-8,10-12,26H,4-5,9H2,1H3,(H,28,30). The fraction of sp³-hybridized carbons (Fsp3) is 0.227. The molecule has 3 aromatic heterocycles. The number of fused-ring (bicyclic) bond motifs is 1. The molecule has 6 nitrogen and oxygen atoms in total. The zero-order chi connectivity index (χ0) is 21.5. The summed E-state index contributed by atoms with van der Waals surface area (Å²) in [7, 11) is 2.06. The molecule has 1 aromatic carbocycles. The molecule has 1 unspecified atom stereocenters. The number of benzene rings is 1. The number of pyridine rings is 2. The summed E-state index contributed by atoms with van der Waals surface area (Å²) in [5.41, 5.74) is 4.05. The number of halogens is 3. The third kappa shape index (κ3) is 3.62. The highest BCUT2D eigenvalue weighted by molar-refractivity contribution is 6.31. The van der Waals surface area contributed by atoms with Gasteiger partial charge in [-0.15, -0.1) is 0 Å². The number of hydrogen-bond donors (Lipinski definition) is 2. The number of nitrogens with zero attached hydrogens (tertiary/aromatic N) is 4. The predicted molar refractivity (Wildman–Crippen MR) is 117 cm³/mol. The molecule has 5 rings (SSSR count). The van der Waals surface area contributed by atoms with Crippen LogP contribution in [0.4, 0.5) is 14.5 Å². The molecule has 1 fully saturated rings. The lowest BCUT2D eigenvalue weighted by molar-refractivity contribution is 0.585. The van der Waals surface area contributed by atoms with Crippen molar-refractivity contribution < 1.29 is 8.78 Å². The highest BCUT2D eigenvalue weighted by Crippen LogP contribution is 2.34. The SMILES string of the molecule is CN(c1cnc2ccc(-c3c[nH]nc3-c3cc(Cl)c(F)cc3F)nc2c1)C1CCNC1. The van der Waals surface area contributed by atoms with E-state index in [9.17, 15) is 8.78 Å². The summed E-state index contributed by atoms with van der Waals surface area (Å²) in [6.07, 6.45) is 4.56. The van der Waals surface area contributed by atoms with Crippen molar-refractivity contribution in [2.75, 3.05) is 25.0 Å². The van der Waals surface area contributed by atoms with Crippen LogP contribution in [0.3, 0.4) is 0 Å². The minimum atomic E-state index is -0.816. The number of aromatic amines is 1. The van der Waals surface area contributed by atoms with Gasteiger partial charge < -0.3 is 10.2 Å². The maximum Gasteiger partial charge on any atom is 0.144 e. The van der Waals surface area contributed by atoms with Gasteiger partial charge >= 0.3 is 0 Å². The van der Waals surface area contributed by atoms with Crippen molar-refractivity contribution in [2.45, 2.75) is 12.5 Å². The summed E-state index contributed by atoms with van der Waals surface area (Å²) < 4.78 is 28.0. The Morgan fingerprint density at radius 3 is 2.77 bits per heavy atom. The van der Waals surface area contributed by atoms with Gasteiger partial charge in [-0.2, -0.15) is 5.10 Å². The van der Waals surface area contributed by atoms with Gasteiger partial charge in [-0.25, -0.2) is 13.8 Å². The minimum Gasteiger partial charge on any atom is -0.369 e. The van der Waals surface area contributed by atoms with Gasteiger partial charge in [0, 0.05) is 43.0 Å². The van der Waals surface area contributed by atoms with Crippen LogP contribution < -0.4 is 10.2 Å². The van der Waals surface area contributed by atoms with E-state index in [-0.39, 0.29) is 10.6 Å². The van der Waals surface area contributed by atoms with Crippen LogP contribution in [-0.4, -0.2) is 46.3 Å². The van der Waals surface area contributed by atoms with Crippen LogP contribution in [0.15, 0.2) is 42.7 Å². The molecule has 0 radical (unpaired) electrons. The van der Waals surface area contributed by atoms with E-state index >= 15 is 0 Å². The zero-order valence-electron chi connectivity index (χ0n) is 16.7. The van der Waals surface area contributed by atoms with Crippen LogP contribution in [0.1, 0.15) is 6.42 Å². The number of hydrogen-bond acceptors (Lipinski definition) is 5. The van der Waals surface area contributed by atoms with E-state index < -0.39 is 11.6 Å². The molecule has 4 heterocycles. The topological polar surface area (TPSA) is 69.7 Å². The highest BCUT2D eigenvalue weighted by Gasteiger charge is 2.21. The Morgan fingerprint density at radius 1 is 1.10 bits per heavy atom. The summed E-state index contributed by atoms with van der Waals surface area (Å²) in [6, 6.07) is 8.07. The molecule has 4 aromatic rings. The van der Waals surface area contributed by atoms with Crippen LogP contribution in [0.5, 0.6) is 0 Å². The van der Waals surface area contributed by atoms with E-state index in [0.717, 1.165) is 42.3 Å². The molecule has 1 atom stereocenters. The molecule has 1 saturated heterocycles. The first-order valence-electron chi connectivity index (χ1n) is 9.90. The molecule has 0 spiro atoms. The molecular formula is C22H19ClF2N6. The molecule has 0 saturated carbocycles. The first-order chi connectivity index (χ1) is 15.0. The monoisotopic (exact) mass is 440 g/mol. The summed E-state index contributed by atoms with van der Waals surface area (Å²) >= 11 is 5.87. The molecular weight excluding hydrogens is 422 g/mol. The second kappa shape index (κ2) is 7.86. The molecule has 1 aliphatic rings. The van der Waals surface area contributed by atoms with E-state index in [2.05, 4.69) is 32.4 Å². The van der Waals surface area contributed by atoms with Crippen LogP contribution in [0.25, 0.3) is 33.5 Å². The number of aromatic nitrogens is 4. The van der Waals surface area contributed by atoms with Gasteiger partial charge in [0.2, 0.25) is 0 Å². The lowest BCUT2D eigenvalue weighted by atomic mass is 10.0. The van der Waals surface area contributed by atoms with Crippen LogP contribution in [0.2, 0.25) is 5.02 Å². The maximum absolute atomic E-state index is 14.4. The first kappa shape index (κ1) is 19.8. The van der Waals surface area contributed by atoms with Gasteiger partial charge in [0.15, 0.2) is 0 Å². The van der Waals surface area contributed by atoms with Gasteiger partial charge in [-0.1, -0.05) is 11.6 Å². The Labute approximate surface area is 182 Å². The number of anilines is 1. The Kier molecular flexibility index (Phi) is 5.03. The number of likely N-dealkylation sites (N-methyl/N-ethyl adjacent to an activating group) is 1. The van der Waals surface area contributed by atoms with E-state index in [1.165, 1.54) is 6.07 Å². The molecule has 2 N–H and O–H groups in total. The minimum absolute atomic E-state index is 0.102. The van der Waals surface area contributed by atoms with E-state index in [0.29, 0.717) is 23.0 Å². The number of rotatable bonds is 4. The third-order valence-electron chi connectivity index (χ3n) is 5.69. The van der Waals surface area contributed by atoms with Crippen molar-refractivity contribution in [3.05, 3.63) is 59.4 Å². The van der Waals surface area contributed by atoms with Crippen molar-refractivity contribution in [3.8, 4) is 22.5 Å². The van der Waals surface area contributed by atoms with E-state index in [1.54, 1.807) is 12.3 Å². The Balaban J connectivity index is 1.56. The second-order valence-electron chi connectivity index (χ2n) is 7.58. The number of H-pyrrole nitrogens is 1. The Bertz CT molecular complexity index is 1270. The molecule has 31 heavy (non-hydrogen) atoms. The zero-order valence-corrected chi connectivity index (χ0v) is 17.4. The lowest BCUT2D eigenvalue weighted by Gasteiger charge is -2.25. The molecule has 0 amide bonds. The average molecular weight is 441 g/mol. The summed E-state index contributed by atoms with van der Waals surface area (Å²) in [4.78, 5) is 11.5. The maximum atomic E-state index is 14.4. The highest BCUT2D eigenvalue weighted by atomic mass is 35.5. The fourth-order valence-corrected chi connectivity index (χ4v) is 4.08. The van der Waals surface area contributed by atoms with Crippen LogP contribution >= 0.6 is 11.6 Å². The Morgan fingerprint density at radius 2 is 1.97 bits per heavy atom. The fourth-order valence-electron chi connectivity index (χ4n) is 3.91. The van der Waals surface area contributed by atoms with Gasteiger partial charge in [0.25, 0.3) is 0 Å². The van der Waals surface area contributed by atoms with Crippen molar-refractivity contribution in [1.82, 2.24) is 25.5 Å². The molecule has 0 aliphatic carbocycles. The third-order valence-corrected chi connectivity index (χ3v) is 5.98. The van der Waals surface area contributed by atoms with E-state index in [4.69, 9.17) is 16.6 Å². The first-order valence-corrected chi connectivity index (χ1v) is 10.3. The van der Waals surface area contributed by atoms with Crippen molar-refractivity contribution in [3.63, 3.8) is 0 Å². The normalized spacial score (nSPS) is 16.2. The van der Waals surface area contributed by atoms with Crippen LogP contribution in [0, 0.1) is 11.6 Å². The molecule has 9 heteroatoms. The van der Waals surface area contributed by atoms with Crippen molar-refractivity contribution in [1.29, 1.82) is 0 Å². The average Bonchev–Trinajstić information content (AvgIpc) is 3.47. The molecule has 158 valence electrons. The second-order valence-corrected chi connectivity index (χ2v) is 7.99. The summed E-state index contributed by atoms with van der Waals surface area (Å²) in [5.74, 6) is -1.56. The smallest absolute Gasteiger partial charge is 0.144 e. The number of nitrogens with one attached hydrogen (secondary N) is 2. The quantitative estimate of drug-likeness (QED) is 0.460. The molecule has 0 bridgehead atoms. The van der Waals surface area contributed by atoms with E-state index in [1.807, 2.05) is 18.3 Å². The predicted octanol–water partition coefficient (Wildman–Crippen LogP) is 4.42. The van der Waals surface area contributed by atoms with Crippen molar-refractivity contribution in [2.24, 2.45) is 0 Å². The van der Waals surface area contributed by atoms with Gasteiger partial charge in [0.05, 0.1) is 33.6 Å². The van der Waals surface area contributed by atoms with Gasteiger partial charge in [-0.3, -0.25) is 10.1 Å². The summed E-state index contributed by atoms with van der Waals surface area (Å²) in [5, 5.41) is 10.1. The van der Waals surface area contributed by atoms with Crippen LogP contribution in [-0.2, 0) is 0 Å². The van der Waals surface area contributed by atoms with Gasteiger partial charge in [-0.05, 0) is 37.2 Å². The Hall–Kier alpha value is -3.10. The van der Waals surface area contributed by atoms with Gasteiger partial charge in [0.1, 0.15) is 17.3 Å². The van der Waals surface area contributed by atoms with Crippen molar-refractivity contribution >= 4 is 28.3 Å². The summed E-state index contributed by atoms with van der Waals surface area (Å²) in [6.45, 7) is 1.94. The largest absolute Gasteiger partial charge is 0.369 e.